The van der Waals surface area contributed by atoms with Crippen molar-refractivity contribution >= 4 is 5.82 Å². The zero-order chi connectivity index (χ0) is 15.5. The molecular weight excluding hydrogens is 283 g/mol. The van der Waals surface area contributed by atoms with Gasteiger partial charge in [-0.2, -0.15) is 10.4 Å². The molecule has 0 fully saturated rings. The van der Waals surface area contributed by atoms with Gasteiger partial charge in [-0.1, -0.05) is 12.1 Å². The van der Waals surface area contributed by atoms with Crippen LogP contribution in [0.15, 0.2) is 43.0 Å². The van der Waals surface area contributed by atoms with E-state index in [1.165, 1.54) is 18.5 Å². The van der Waals surface area contributed by atoms with Gasteiger partial charge in [-0.05, 0) is 17.7 Å². The highest BCUT2D eigenvalue weighted by Gasteiger charge is 2.12. The van der Waals surface area contributed by atoms with E-state index in [-0.39, 0.29) is 17.2 Å². The van der Waals surface area contributed by atoms with Crippen molar-refractivity contribution in [1.29, 1.82) is 5.26 Å². The Morgan fingerprint density at radius 3 is 2.95 bits per heavy atom. The Morgan fingerprint density at radius 2 is 2.18 bits per heavy atom. The van der Waals surface area contributed by atoms with Crippen molar-refractivity contribution in [3.63, 3.8) is 0 Å². The molecule has 0 spiro atoms. The third-order valence-electron chi connectivity index (χ3n) is 3.13. The maximum Gasteiger partial charge on any atom is 0.145 e. The Bertz CT molecular complexity index is 864. The minimum atomic E-state index is -0.291. The van der Waals surface area contributed by atoms with Gasteiger partial charge in [-0.3, -0.25) is 4.68 Å². The topological polar surface area (TPSA) is 93.4 Å². The minimum absolute atomic E-state index is 0.130. The van der Waals surface area contributed by atoms with Gasteiger partial charge in [0.2, 0.25) is 0 Å². The standard InChI is InChI=1S/C15H11FN6/c16-12-3-1-2-10(4-12)7-22-8-11(6-21-22)14-13(5-17)15(18)20-9-19-14/h1-4,6,8-9H,7H2,(H2,18,19,20). The number of nitrogens with zero attached hydrogens (tertiary/aromatic N) is 5. The second kappa shape index (κ2) is 5.61. The van der Waals surface area contributed by atoms with Crippen LogP contribution >= 0.6 is 0 Å². The van der Waals surface area contributed by atoms with Crippen LogP contribution in [0.3, 0.4) is 0 Å². The zero-order valence-corrected chi connectivity index (χ0v) is 11.4. The molecular formula is C15H11FN6. The van der Waals surface area contributed by atoms with Gasteiger partial charge in [-0.15, -0.1) is 0 Å². The largest absolute Gasteiger partial charge is 0.382 e. The molecule has 3 rings (SSSR count). The van der Waals surface area contributed by atoms with E-state index < -0.39 is 0 Å². The van der Waals surface area contributed by atoms with Crippen molar-refractivity contribution in [2.45, 2.75) is 6.54 Å². The summed E-state index contributed by atoms with van der Waals surface area (Å²) in [6.45, 7) is 0.417. The molecule has 6 nitrogen and oxygen atoms in total. The fourth-order valence-corrected chi connectivity index (χ4v) is 2.12. The number of nitriles is 1. The highest BCUT2D eigenvalue weighted by molar-refractivity contribution is 5.70. The number of hydrogen-bond donors (Lipinski definition) is 1. The Morgan fingerprint density at radius 1 is 1.32 bits per heavy atom. The summed E-state index contributed by atoms with van der Waals surface area (Å²) in [5.41, 5.74) is 7.76. The number of anilines is 1. The van der Waals surface area contributed by atoms with Crippen LogP contribution in [0.4, 0.5) is 10.2 Å². The van der Waals surface area contributed by atoms with Gasteiger partial charge < -0.3 is 5.73 Å². The van der Waals surface area contributed by atoms with E-state index in [2.05, 4.69) is 15.1 Å². The first-order valence-electron chi connectivity index (χ1n) is 6.45. The fraction of sp³-hybridized carbons (Fsp3) is 0.0667. The molecule has 0 aliphatic rings. The van der Waals surface area contributed by atoms with E-state index in [4.69, 9.17) is 11.0 Å². The SMILES string of the molecule is N#Cc1c(N)ncnc1-c1cnn(Cc2cccc(F)c2)c1. The molecule has 108 valence electrons. The lowest BCUT2D eigenvalue weighted by molar-refractivity contribution is 0.619. The molecule has 0 atom stereocenters. The summed E-state index contributed by atoms with van der Waals surface area (Å²) in [7, 11) is 0. The summed E-state index contributed by atoms with van der Waals surface area (Å²) in [6, 6.07) is 8.29. The van der Waals surface area contributed by atoms with Gasteiger partial charge in [0.25, 0.3) is 0 Å². The van der Waals surface area contributed by atoms with Crippen molar-refractivity contribution < 1.29 is 4.39 Å². The summed E-state index contributed by atoms with van der Waals surface area (Å²) in [5.74, 6) is -0.161. The number of nitrogen functional groups attached to an aromatic ring is 1. The molecule has 0 aliphatic heterocycles. The number of nitrogens with two attached hydrogens (primary N) is 1. The summed E-state index contributed by atoms with van der Waals surface area (Å²) in [5, 5.41) is 13.4. The number of rotatable bonds is 3. The van der Waals surface area contributed by atoms with E-state index >= 15 is 0 Å². The first-order chi connectivity index (χ1) is 10.7. The Balaban J connectivity index is 1.92. The summed E-state index contributed by atoms with van der Waals surface area (Å²) in [6.07, 6.45) is 4.62. The van der Waals surface area contributed by atoms with Gasteiger partial charge in [0.1, 0.15) is 29.6 Å². The first kappa shape index (κ1) is 13.7. The van der Waals surface area contributed by atoms with Crippen LogP contribution in [0.5, 0.6) is 0 Å². The molecule has 2 N–H and O–H groups in total. The number of aromatic nitrogens is 4. The normalized spacial score (nSPS) is 10.4. The van der Waals surface area contributed by atoms with Crippen molar-refractivity contribution in [3.05, 3.63) is 59.9 Å². The van der Waals surface area contributed by atoms with Crippen LogP contribution in [0, 0.1) is 17.1 Å². The van der Waals surface area contributed by atoms with Gasteiger partial charge in [0.15, 0.2) is 0 Å². The monoisotopic (exact) mass is 294 g/mol. The van der Waals surface area contributed by atoms with Crippen LogP contribution in [0.25, 0.3) is 11.3 Å². The maximum absolute atomic E-state index is 13.2. The van der Waals surface area contributed by atoms with Gasteiger partial charge in [0, 0.05) is 11.8 Å². The van der Waals surface area contributed by atoms with Crippen LogP contribution in [-0.4, -0.2) is 19.7 Å². The smallest absolute Gasteiger partial charge is 0.145 e. The molecule has 0 aliphatic carbocycles. The fourth-order valence-electron chi connectivity index (χ4n) is 2.12. The molecule has 0 saturated heterocycles. The quantitative estimate of drug-likeness (QED) is 0.797. The van der Waals surface area contributed by atoms with Crippen molar-refractivity contribution in [3.8, 4) is 17.3 Å². The Hall–Kier alpha value is -3.27. The number of halogens is 1. The third-order valence-corrected chi connectivity index (χ3v) is 3.13. The molecule has 0 bridgehead atoms. The third kappa shape index (κ3) is 2.62. The number of benzene rings is 1. The molecule has 0 radical (unpaired) electrons. The number of hydrogen-bond acceptors (Lipinski definition) is 5. The van der Waals surface area contributed by atoms with E-state index in [0.717, 1.165) is 5.56 Å². The molecule has 0 saturated carbocycles. The molecule has 0 amide bonds. The summed E-state index contributed by atoms with van der Waals surface area (Å²) < 4.78 is 14.8. The van der Waals surface area contributed by atoms with Crippen LogP contribution in [0.2, 0.25) is 0 Å². The van der Waals surface area contributed by atoms with E-state index in [1.807, 2.05) is 12.1 Å². The van der Waals surface area contributed by atoms with Gasteiger partial charge in [-0.25, -0.2) is 14.4 Å². The second-order valence-electron chi connectivity index (χ2n) is 4.65. The first-order valence-corrected chi connectivity index (χ1v) is 6.45. The molecule has 22 heavy (non-hydrogen) atoms. The molecule has 1 aromatic carbocycles. The Kier molecular flexibility index (Phi) is 3.50. The molecule has 7 heteroatoms. The van der Waals surface area contributed by atoms with Crippen molar-refractivity contribution in [1.82, 2.24) is 19.7 Å². The average Bonchev–Trinajstić information content (AvgIpc) is 2.95. The lowest BCUT2D eigenvalue weighted by Crippen LogP contribution is -2.00. The summed E-state index contributed by atoms with van der Waals surface area (Å²) in [4.78, 5) is 7.88. The van der Waals surface area contributed by atoms with Crippen LogP contribution in [0.1, 0.15) is 11.1 Å². The highest BCUT2D eigenvalue weighted by Crippen LogP contribution is 2.23. The maximum atomic E-state index is 13.2. The van der Waals surface area contributed by atoms with Crippen molar-refractivity contribution in [2.24, 2.45) is 0 Å². The van der Waals surface area contributed by atoms with E-state index in [0.29, 0.717) is 17.8 Å². The van der Waals surface area contributed by atoms with Crippen LogP contribution in [-0.2, 0) is 6.54 Å². The predicted octanol–water partition coefficient (Wildman–Crippen LogP) is 1.98. The molecule has 2 heterocycles. The minimum Gasteiger partial charge on any atom is -0.382 e. The van der Waals surface area contributed by atoms with Crippen molar-refractivity contribution in [2.75, 3.05) is 5.73 Å². The zero-order valence-electron chi connectivity index (χ0n) is 11.4. The molecule has 2 aromatic heterocycles. The Labute approximate surface area is 125 Å². The second-order valence-corrected chi connectivity index (χ2v) is 4.65. The molecule has 3 aromatic rings. The predicted molar refractivity (Wildman–Crippen MR) is 77.9 cm³/mol. The van der Waals surface area contributed by atoms with Gasteiger partial charge >= 0.3 is 0 Å². The summed E-state index contributed by atoms with van der Waals surface area (Å²) >= 11 is 0. The lowest BCUT2D eigenvalue weighted by atomic mass is 10.1. The highest BCUT2D eigenvalue weighted by atomic mass is 19.1. The van der Waals surface area contributed by atoms with E-state index in [9.17, 15) is 4.39 Å². The van der Waals surface area contributed by atoms with Gasteiger partial charge in [0.05, 0.1) is 18.4 Å². The average molecular weight is 294 g/mol. The van der Waals surface area contributed by atoms with E-state index in [1.54, 1.807) is 23.1 Å². The molecule has 0 unspecified atom stereocenters. The lowest BCUT2D eigenvalue weighted by Gasteiger charge is -2.02. The van der Waals surface area contributed by atoms with Crippen LogP contribution < -0.4 is 5.73 Å².